The lowest BCUT2D eigenvalue weighted by atomic mass is 9.97. The summed E-state index contributed by atoms with van der Waals surface area (Å²) in [6.07, 6.45) is 2.33. The highest BCUT2D eigenvalue weighted by molar-refractivity contribution is 6.30. The molecule has 3 rings (SSSR count). The molecule has 0 spiro atoms. The van der Waals surface area contributed by atoms with Crippen molar-refractivity contribution >= 4 is 23.4 Å². The Morgan fingerprint density at radius 1 is 1.21 bits per heavy atom. The van der Waals surface area contributed by atoms with E-state index in [1.165, 1.54) is 17.0 Å². The van der Waals surface area contributed by atoms with Crippen LogP contribution in [0.4, 0.5) is 8.78 Å². The molecule has 2 atom stereocenters. The minimum absolute atomic E-state index is 0.00438. The zero-order valence-corrected chi connectivity index (χ0v) is 15.8. The van der Waals surface area contributed by atoms with Gasteiger partial charge in [0.25, 0.3) is 0 Å². The average molecular weight is 405 g/mol. The van der Waals surface area contributed by atoms with Crippen molar-refractivity contribution in [2.24, 2.45) is 0 Å². The fourth-order valence-electron chi connectivity index (χ4n) is 3.40. The lowest BCUT2D eigenvalue weighted by molar-refractivity contribution is -0.135. The van der Waals surface area contributed by atoms with Crippen LogP contribution in [-0.2, 0) is 9.59 Å². The number of carbonyl (C=O) groups excluding carboxylic acids is 2. The Morgan fingerprint density at radius 3 is 2.61 bits per heavy atom. The summed E-state index contributed by atoms with van der Waals surface area (Å²) in [6.45, 7) is 3.91. The molecule has 0 radical (unpaired) electrons. The van der Waals surface area contributed by atoms with Crippen LogP contribution in [-0.4, -0.2) is 29.3 Å². The van der Waals surface area contributed by atoms with Crippen LogP contribution in [0.15, 0.2) is 55.1 Å². The molecule has 0 bridgehead atoms. The van der Waals surface area contributed by atoms with Crippen LogP contribution in [0.1, 0.15) is 30.0 Å². The maximum Gasteiger partial charge on any atom is 0.246 e. The van der Waals surface area contributed by atoms with Gasteiger partial charge in [0.1, 0.15) is 6.04 Å². The number of amides is 2. The molecular formula is C21H19ClF2N2O2. The molecule has 1 N–H and O–H groups in total. The molecule has 1 fully saturated rings. The first-order chi connectivity index (χ1) is 13.4. The summed E-state index contributed by atoms with van der Waals surface area (Å²) in [5, 5.41) is 3.25. The minimum atomic E-state index is -1.03. The molecular weight excluding hydrogens is 386 g/mol. The van der Waals surface area contributed by atoms with E-state index in [9.17, 15) is 18.4 Å². The molecule has 4 nitrogen and oxygen atoms in total. The third-order valence-corrected chi connectivity index (χ3v) is 5.05. The third-order valence-electron chi connectivity index (χ3n) is 4.80. The Balaban J connectivity index is 1.94. The number of benzene rings is 2. The highest BCUT2D eigenvalue weighted by Crippen LogP contribution is 2.28. The summed E-state index contributed by atoms with van der Waals surface area (Å²) in [4.78, 5) is 26.3. The number of likely N-dealkylation sites (tertiary alicyclic amines) is 1. The maximum atomic E-state index is 14.5. The Bertz CT molecular complexity index is 902. The summed E-state index contributed by atoms with van der Waals surface area (Å²) >= 11 is 5.92. The summed E-state index contributed by atoms with van der Waals surface area (Å²) in [5.41, 5.74) is 0.539. The van der Waals surface area contributed by atoms with Crippen molar-refractivity contribution in [3.8, 4) is 0 Å². The first kappa shape index (κ1) is 20.0. The zero-order valence-electron chi connectivity index (χ0n) is 15.0. The zero-order chi connectivity index (χ0) is 20.3. The van der Waals surface area contributed by atoms with Crippen LogP contribution in [0.2, 0.25) is 5.02 Å². The molecule has 7 heteroatoms. The molecule has 2 unspecified atom stereocenters. The van der Waals surface area contributed by atoms with Gasteiger partial charge in [-0.3, -0.25) is 9.59 Å². The van der Waals surface area contributed by atoms with Crippen molar-refractivity contribution < 1.29 is 18.4 Å². The highest BCUT2D eigenvalue weighted by Gasteiger charge is 2.34. The van der Waals surface area contributed by atoms with Gasteiger partial charge in [-0.15, -0.1) is 0 Å². The number of hydrogen-bond acceptors (Lipinski definition) is 2. The molecule has 28 heavy (non-hydrogen) atoms. The quantitative estimate of drug-likeness (QED) is 0.766. The molecule has 0 aliphatic carbocycles. The van der Waals surface area contributed by atoms with E-state index >= 15 is 0 Å². The topological polar surface area (TPSA) is 49.4 Å². The molecule has 2 aromatic carbocycles. The van der Waals surface area contributed by atoms with Crippen molar-refractivity contribution in [3.05, 3.63) is 82.9 Å². The summed E-state index contributed by atoms with van der Waals surface area (Å²) < 4.78 is 28.3. The van der Waals surface area contributed by atoms with E-state index in [0.717, 1.165) is 12.1 Å². The second kappa shape index (κ2) is 8.52. The molecule has 0 saturated carbocycles. The van der Waals surface area contributed by atoms with E-state index in [4.69, 9.17) is 11.6 Å². The van der Waals surface area contributed by atoms with E-state index in [1.807, 2.05) is 0 Å². The minimum Gasteiger partial charge on any atom is -0.343 e. The van der Waals surface area contributed by atoms with Crippen LogP contribution in [0.3, 0.4) is 0 Å². The van der Waals surface area contributed by atoms with Crippen molar-refractivity contribution in [2.75, 3.05) is 6.54 Å². The van der Waals surface area contributed by atoms with E-state index in [2.05, 4.69) is 11.9 Å². The van der Waals surface area contributed by atoms with Gasteiger partial charge in [-0.2, -0.15) is 0 Å². The van der Waals surface area contributed by atoms with Crippen LogP contribution in [0.25, 0.3) is 0 Å². The largest absolute Gasteiger partial charge is 0.343 e. The number of hydrogen-bond donors (Lipinski definition) is 1. The van der Waals surface area contributed by atoms with Gasteiger partial charge in [-0.25, -0.2) is 8.78 Å². The SMILES string of the molecule is C=CC(=O)N1CCCC1C(=O)NC(c1ccc(Cl)cc1)c1cccc(F)c1F. The van der Waals surface area contributed by atoms with Gasteiger partial charge in [0.05, 0.1) is 6.04 Å². The predicted octanol–water partition coefficient (Wildman–Crippen LogP) is 4.00. The maximum absolute atomic E-state index is 14.5. The smallest absolute Gasteiger partial charge is 0.246 e. The van der Waals surface area contributed by atoms with Gasteiger partial charge < -0.3 is 10.2 Å². The Morgan fingerprint density at radius 2 is 1.93 bits per heavy atom. The predicted molar refractivity (Wildman–Crippen MR) is 103 cm³/mol. The Hall–Kier alpha value is -2.73. The average Bonchev–Trinajstić information content (AvgIpc) is 3.18. The number of rotatable bonds is 5. The number of halogens is 3. The monoisotopic (exact) mass is 404 g/mol. The van der Waals surface area contributed by atoms with Crippen molar-refractivity contribution in [1.29, 1.82) is 0 Å². The molecule has 2 amide bonds. The summed E-state index contributed by atoms with van der Waals surface area (Å²) in [7, 11) is 0. The van der Waals surface area contributed by atoms with E-state index in [0.29, 0.717) is 30.0 Å². The molecule has 0 aromatic heterocycles. The van der Waals surface area contributed by atoms with Crippen LogP contribution >= 0.6 is 11.6 Å². The van der Waals surface area contributed by atoms with Gasteiger partial charge in [0.2, 0.25) is 11.8 Å². The van der Waals surface area contributed by atoms with Gasteiger partial charge >= 0.3 is 0 Å². The fourth-order valence-corrected chi connectivity index (χ4v) is 3.52. The molecule has 1 aliphatic heterocycles. The van der Waals surface area contributed by atoms with Crippen molar-refractivity contribution in [2.45, 2.75) is 24.9 Å². The van der Waals surface area contributed by atoms with Gasteiger partial charge in [-0.05, 0) is 42.7 Å². The van der Waals surface area contributed by atoms with Crippen LogP contribution < -0.4 is 5.32 Å². The lowest BCUT2D eigenvalue weighted by Crippen LogP contribution is -2.46. The normalized spacial score (nSPS) is 17.2. The van der Waals surface area contributed by atoms with Crippen molar-refractivity contribution in [3.63, 3.8) is 0 Å². The van der Waals surface area contributed by atoms with Crippen molar-refractivity contribution in [1.82, 2.24) is 10.2 Å². The Labute approximate surface area is 166 Å². The summed E-state index contributed by atoms with van der Waals surface area (Å²) in [6, 6.07) is 8.69. The molecule has 1 heterocycles. The number of nitrogens with one attached hydrogen (secondary N) is 1. The van der Waals surface area contributed by atoms with Crippen LogP contribution in [0.5, 0.6) is 0 Å². The molecule has 146 valence electrons. The molecule has 2 aromatic rings. The first-order valence-electron chi connectivity index (χ1n) is 8.85. The highest BCUT2D eigenvalue weighted by atomic mass is 35.5. The van der Waals surface area contributed by atoms with Crippen LogP contribution in [0, 0.1) is 11.6 Å². The van der Waals surface area contributed by atoms with E-state index < -0.39 is 29.6 Å². The fraction of sp³-hybridized carbons (Fsp3) is 0.238. The summed E-state index contributed by atoms with van der Waals surface area (Å²) in [5.74, 6) is -2.81. The Kier molecular flexibility index (Phi) is 6.09. The standard InChI is InChI=1S/C21H19ClF2N2O2/c1-2-18(27)26-12-4-7-17(26)21(28)25-20(13-8-10-14(22)11-9-13)15-5-3-6-16(23)19(15)24/h2-3,5-6,8-11,17,20H,1,4,7,12H2,(H,25,28). The van der Waals surface area contributed by atoms with Gasteiger partial charge in [0.15, 0.2) is 11.6 Å². The lowest BCUT2D eigenvalue weighted by Gasteiger charge is -2.26. The second-order valence-electron chi connectivity index (χ2n) is 6.53. The van der Waals surface area contributed by atoms with E-state index in [-0.39, 0.29) is 11.5 Å². The first-order valence-corrected chi connectivity index (χ1v) is 9.23. The number of carbonyl (C=O) groups is 2. The molecule has 1 saturated heterocycles. The number of nitrogens with zero attached hydrogens (tertiary/aromatic N) is 1. The third kappa shape index (κ3) is 4.07. The van der Waals surface area contributed by atoms with Gasteiger partial charge in [0, 0.05) is 17.1 Å². The van der Waals surface area contributed by atoms with E-state index in [1.54, 1.807) is 24.3 Å². The second-order valence-corrected chi connectivity index (χ2v) is 6.97. The molecule has 1 aliphatic rings. The van der Waals surface area contributed by atoms with Gasteiger partial charge in [-0.1, -0.05) is 42.4 Å².